The third-order valence-corrected chi connectivity index (χ3v) is 4.01. The van der Waals surface area contributed by atoms with Gasteiger partial charge in [-0.15, -0.1) is 24.0 Å². The third-order valence-electron chi connectivity index (χ3n) is 4.01. The van der Waals surface area contributed by atoms with Crippen molar-refractivity contribution in [2.75, 3.05) is 39.8 Å². The van der Waals surface area contributed by atoms with Crippen molar-refractivity contribution in [3.05, 3.63) is 29.8 Å². The van der Waals surface area contributed by atoms with Crippen LogP contribution in [0.25, 0.3) is 0 Å². The number of aliphatic imine (C=N–C) groups is 1. The third kappa shape index (κ3) is 8.77. The average Bonchev–Trinajstić information content (AvgIpc) is 3.53. The van der Waals surface area contributed by atoms with Crippen molar-refractivity contribution >= 4 is 41.8 Å². The van der Waals surface area contributed by atoms with E-state index >= 15 is 0 Å². The standard InChI is InChI=1S/C19H29N5O3.HI/c1-3-20-19(23-11-9-21-17(25)14-7-8-14)24-12-10-22-18(26)15-5-4-6-16(13-15)27-2;/h4-6,13-14H,3,7-12H2,1-2H3,(H,21,25)(H,22,26)(H2,20,23,24);1H. The number of carbonyl (C=O) groups excluding carboxylic acids is 2. The number of guanidine groups is 1. The Bertz CT molecular complexity index is 665. The molecule has 1 aromatic rings. The molecule has 1 aliphatic carbocycles. The number of hydrogen-bond acceptors (Lipinski definition) is 4. The van der Waals surface area contributed by atoms with E-state index in [0.29, 0.717) is 43.5 Å². The molecular formula is C19H30IN5O3. The number of amides is 2. The van der Waals surface area contributed by atoms with Crippen LogP contribution in [-0.4, -0.2) is 57.6 Å². The van der Waals surface area contributed by atoms with Gasteiger partial charge in [-0.2, -0.15) is 0 Å². The number of halogens is 1. The van der Waals surface area contributed by atoms with Gasteiger partial charge in [-0.25, -0.2) is 0 Å². The second-order valence-corrected chi connectivity index (χ2v) is 6.24. The van der Waals surface area contributed by atoms with Crippen LogP contribution in [0.15, 0.2) is 29.3 Å². The van der Waals surface area contributed by atoms with Gasteiger partial charge in [0.1, 0.15) is 5.75 Å². The molecule has 0 heterocycles. The minimum Gasteiger partial charge on any atom is -0.497 e. The number of hydrogen-bond donors (Lipinski definition) is 4. The van der Waals surface area contributed by atoms with E-state index in [2.05, 4.69) is 26.3 Å². The van der Waals surface area contributed by atoms with Gasteiger partial charge in [0.15, 0.2) is 5.96 Å². The molecule has 2 rings (SSSR count). The summed E-state index contributed by atoms with van der Waals surface area (Å²) in [6.45, 7) is 4.74. The molecule has 156 valence electrons. The van der Waals surface area contributed by atoms with E-state index in [9.17, 15) is 9.59 Å². The molecular weight excluding hydrogens is 473 g/mol. The van der Waals surface area contributed by atoms with Gasteiger partial charge in [0, 0.05) is 37.7 Å². The van der Waals surface area contributed by atoms with Crippen LogP contribution in [0.5, 0.6) is 5.75 Å². The molecule has 0 aromatic heterocycles. The number of rotatable bonds is 10. The molecule has 0 spiro atoms. The SMILES string of the molecule is CCNC(=NCCNC(=O)C1CC1)NCCNC(=O)c1cccc(OC)c1.I. The molecule has 9 heteroatoms. The highest BCUT2D eigenvalue weighted by Gasteiger charge is 2.28. The topological polar surface area (TPSA) is 104 Å². The van der Waals surface area contributed by atoms with Crippen molar-refractivity contribution in [3.8, 4) is 5.75 Å². The Labute approximate surface area is 183 Å². The average molecular weight is 503 g/mol. The molecule has 1 aromatic carbocycles. The molecule has 1 fully saturated rings. The minimum absolute atomic E-state index is 0. The second kappa shape index (κ2) is 13.2. The lowest BCUT2D eigenvalue weighted by Crippen LogP contribution is -2.42. The Hall–Kier alpha value is -2.04. The zero-order valence-electron chi connectivity index (χ0n) is 16.4. The summed E-state index contributed by atoms with van der Waals surface area (Å²) in [5, 5.41) is 12.0. The first-order chi connectivity index (χ1) is 13.1. The zero-order chi connectivity index (χ0) is 19.5. The molecule has 4 N–H and O–H groups in total. The van der Waals surface area contributed by atoms with E-state index in [4.69, 9.17) is 4.74 Å². The summed E-state index contributed by atoms with van der Waals surface area (Å²) in [5.41, 5.74) is 0.557. The van der Waals surface area contributed by atoms with Crippen LogP contribution in [0.3, 0.4) is 0 Å². The van der Waals surface area contributed by atoms with E-state index in [-0.39, 0.29) is 41.7 Å². The highest BCUT2D eigenvalue weighted by atomic mass is 127. The summed E-state index contributed by atoms with van der Waals surface area (Å²) in [5.74, 6) is 1.50. The molecule has 1 aliphatic rings. The molecule has 2 amide bonds. The van der Waals surface area contributed by atoms with Crippen molar-refractivity contribution in [1.82, 2.24) is 21.3 Å². The molecule has 0 radical (unpaired) electrons. The number of nitrogens with one attached hydrogen (secondary N) is 4. The van der Waals surface area contributed by atoms with Crippen LogP contribution in [0, 0.1) is 5.92 Å². The number of methoxy groups -OCH3 is 1. The van der Waals surface area contributed by atoms with Gasteiger partial charge in [0.2, 0.25) is 5.91 Å². The van der Waals surface area contributed by atoms with Crippen molar-refractivity contribution in [1.29, 1.82) is 0 Å². The Morgan fingerprint density at radius 2 is 1.86 bits per heavy atom. The maximum atomic E-state index is 12.1. The lowest BCUT2D eigenvalue weighted by Gasteiger charge is -2.12. The van der Waals surface area contributed by atoms with Crippen LogP contribution in [0.1, 0.15) is 30.1 Å². The number of carbonyl (C=O) groups is 2. The van der Waals surface area contributed by atoms with Gasteiger partial charge in [0.25, 0.3) is 5.91 Å². The van der Waals surface area contributed by atoms with Gasteiger partial charge in [-0.3, -0.25) is 14.6 Å². The predicted octanol–water partition coefficient (Wildman–Crippen LogP) is 1.12. The summed E-state index contributed by atoms with van der Waals surface area (Å²) in [6, 6.07) is 7.02. The van der Waals surface area contributed by atoms with Crippen LogP contribution in [0.4, 0.5) is 0 Å². The maximum Gasteiger partial charge on any atom is 0.251 e. The van der Waals surface area contributed by atoms with Crippen LogP contribution in [-0.2, 0) is 4.79 Å². The lowest BCUT2D eigenvalue weighted by atomic mass is 10.2. The fourth-order valence-electron chi connectivity index (χ4n) is 2.40. The first kappa shape index (κ1) is 24.0. The van der Waals surface area contributed by atoms with Crippen LogP contribution in [0.2, 0.25) is 0 Å². The Morgan fingerprint density at radius 1 is 1.11 bits per heavy atom. The summed E-state index contributed by atoms with van der Waals surface area (Å²) >= 11 is 0. The van der Waals surface area contributed by atoms with Crippen molar-refractivity contribution in [3.63, 3.8) is 0 Å². The highest BCUT2D eigenvalue weighted by Crippen LogP contribution is 2.28. The van der Waals surface area contributed by atoms with E-state index in [0.717, 1.165) is 19.4 Å². The fraction of sp³-hybridized carbons (Fsp3) is 0.526. The Morgan fingerprint density at radius 3 is 2.54 bits per heavy atom. The monoisotopic (exact) mass is 503 g/mol. The van der Waals surface area contributed by atoms with Gasteiger partial charge in [-0.05, 0) is 38.0 Å². The first-order valence-electron chi connectivity index (χ1n) is 9.36. The molecule has 0 saturated heterocycles. The molecule has 0 bridgehead atoms. The number of benzene rings is 1. The van der Waals surface area contributed by atoms with Crippen molar-refractivity contribution < 1.29 is 14.3 Å². The summed E-state index contributed by atoms with van der Waals surface area (Å²) in [4.78, 5) is 28.1. The van der Waals surface area contributed by atoms with Gasteiger partial charge < -0.3 is 26.0 Å². The molecule has 0 aliphatic heterocycles. The Balaban J connectivity index is 0.00000392. The van der Waals surface area contributed by atoms with Gasteiger partial charge >= 0.3 is 0 Å². The molecule has 28 heavy (non-hydrogen) atoms. The Kier molecular flexibility index (Phi) is 11.3. The molecule has 1 saturated carbocycles. The fourth-order valence-corrected chi connectivity index (χ4v) is 2.40. The number of nitrogens with zero attached hydrogens (tertiary/aromatic N) is 1. The zero-order valence-corrected chi connectivity index (χ0v) is 18.7. The molecule has 0 unspecified atom stereocenters. The molecule has 8 nitrogen and oxygen atoms in total. The predicted molar refractivity (Wildman–Crippen MR) is 120 cm³/mol. The lowest BCUT2D eigenvalue weighted by molar-refractivity contribution is -0.122. The van der Waals surface area contributed by atoms with Gasteiger partial charge in [0.05, 0.1) is 13.7 Å². The van der Waals surface area contributed by atoms with Crippen molar-refractivity contribution in [2.45, 2.75) is 19.8 Å². The molecule has 0 atom stereocenters. The normalized spacial score (nSPS) is 13.1. The number of ether oxygens (including phenoxy) is 1. The summed E-state index contributed by atoms with van der Waals surface area (Å²) in [7, 11) is 1.57. The van der Waals surface area contributed by atoms with Crippen molar-refractivity contribution in [2.24, 2.45) is 10.9 Å². The highest BCUT2D eigenvalue weighted by molar-refractivity contribution is 14.0. The van der Waals surface area contributed by atoms with Crippen LogP contribution < -0.4 is 26.0 Å². The minimum atomic E-state index is -0.152. The van der Waals surface area contributed by atoms with E-state index < -0.39 is 0 Å². The van der Waals surface area contributed by atoms with E-state index in [1.807, 2.05) is 6.92 Å². The second-order valence-electron chi connectivity index (χ2n) is 6.24. The first-order valence-corrected chi connectivity index (χ1v) is 9.36. The van der Waals surface area contributed by atoms with Gasteiger partial charge in [-0.1, -0.05) is 6.07 Å². The quantitative estimate of drug-likeness (QED) is 0.166. The smallest absolute Gasteiger partial charge is 0.251 e. The summed E-state index contributed by atoms with van der Waals surface area (Å²) < 4.78 is 5.12. The summed E-state index contributed by atoms with van der Waals surface area (Å²) in [6.07, 6.45) is 2.00. The van der Waals surface area contributed by atoms with E-state index in [1.165, 1.54) is 0 Å². The largest absolute Gasteiger partial charge is 0.497 e. The van der Waals surface area contributed by atoms with Crippen LogP contribution >= 0.6 is 24.0 Å². The van der Waals surface area contributed by atoms with E-state index in [1.54, 1.807) is 31.4 Å². The maximum absolute atomic E-state index is 12.1.